The molecule has 1 aromatic carbocycles. The Labute approximate surface area is 130 Å². The van der Waals surface area contributed by atoms with Gasteiger partial charge in [-0.25, -0.2) is 0 Å². The second-order valence-corrected chi connectivity index (χ2v) is 6.31. The van der Waals surface area contributed by atoms with Crippen LogP contribution in [0.5, 0.6) is 0 Å². The molecule has 0 saturated carbocycles. The van der Waals surface area contributed by atoms with Crippen LogP contribution in [0.3, 0.4) is 0 Å². The van der Waals surface area contributed by atoms with Crippen LogP contribution >= 0.6 is 0 Å². The topological polar surface area (TPSA) is 30.5 Å². The van der Waals surface area contributed by atoms with Crippen LogP contribution in [0.1, 0.15) is 44.9 Å². The van der Waals surface area contributed by atoms with E-state index >= 15 is 0 Å². The summed E-state index contributed by atoms with van der Waals surface area (Å²) in [6.07, 6.45) is 0.0787. The molecule has 3 heteroatoms. The van der Waals surface area contributed by atoms with E-state index in [0.29, 0.717) is 25.2 Å². The van der Waals surface area contributed by atoms with Gasteiger partial charge < -0.3 is 14.8 Å². The molecule has 0 aromatic heterocycles. The minimum Gasteiger partial charge on any atom is -0.379 e. The number of hydrogen-bond acceptors (Lipinski definition) is 3. The van der Waals surface area contributed by atoms with Gasteiger partial charge in [0.2, 0.25) is 0 Å². The van der Waals surface area contributed by atoms with Gasteiger partial charge in [0.1, 0.15) is 0 Å². The highest BCUT2D eigenvalue weighted by Crippen LogP contribution is 2.18. The molecular weight excluding hydrogens is 262 g/mol. The highest BCUT2D eigenvalue weighted by molar-refractivity contribution is 5.24. The van der Waals surface area contributed by atoms with E-state index in [1.165, 1.54) is 11.1 Å². The van der Waals surface area contributed by atoms with Crippen molar-refractivity contribution < 1.29 is 9.47 Å². The maximum Gasteiger partial charge on any atom is 0.0950 e. The first kappa shape index (κ1) is 18.1. The lowest BCUT2D eigenvalue weighted by Gasteiger charge is -2.21. The SMILES string of the molecule is Cc1cccc(C(CNC(C)C)OCCOCC(C)C)c1. The highest BCUT2D eigenvalue weighted by Gasteiger charge is 2.12. The maximum atomic E-state index is 6.03. The van der Waals surface area contributed by atoms with Crippen LogP contribution in [0.2, 0.25) is 0 Å². The van der Waals surface area contributed by atoms with E-state index in [1.54, 1.807) is 0 Å². The summed E-state index contributed by atoms with van der Waals surface area (Å²) in [5, 5.41) is 3.46. The quantitative estimate of drug-likeness (QED) is 0.667. The molecule has 1 aromatic rings. The van der Waals surface area contributed by atoms with Crippen molar-refractivity contribution in [3.05, 3.63) is 35.4 Å². The Hall–Kier alpha value is -0.900. The molecule has 0 aliphatic carbocycles. The van der Waals surface area contributed by atoms with Crippen molar-refractivity contribution in [2.75, 3.05) is 26.4 Å². The summed E-state index contributed by atoms with van der Waals surface area (Å²) < 4.78 is 11.6. The number of rotatable bonds is 10. The van der Waals surface area contributed by atoms with Crippen molar-refractivity contribution in [1.82, 2.24) is 5.32 Å². The molecule has 21 heavy (non-hydrogen) atoms. The molecule has 1 unspecified atom stereocenters. The molecule has 0 radical (unpaired) electrons. The van der Waals surface area contributed by atoms with Crippen LogP contribution in [0.4, 0.5) is 0 Å². The van der Waals surface area contributed by atoms with Crippen molar-refractivity contribution in [2.45, 2.75) is 46.8 Å². The summed E-state index contributed by atoms with van der Waals surface area (Å²) in [4.78, 5) is 0. The molecule has 0 amide bonds. The Morgan fingerprint density at radius 1 is 1.10 bits per heavy atom. The zero-order valence-electron chi connectivity index (χ0n) is 14.2. The number of hydrogen-bond donors (Lipinski definition) is 1. The molecule has 120 valence electrons. The summed E-state index contributed by atoms with van der Waals surface area (Å²) in [6, 6.07) is 8.99. The Bertz CT molecular complexity index is 391. The van der Waals surface area contributed by atoms with E-state index in [2.05, 4.69) is 64.2 Å². The van der Waals surface area contributed by atoms with E-state index < -0.39 is 0 Å². The molecule has 0 fully saturated rings. The second kappa shape index (κ2) is 9.93. The first-order chi connectivity index (χ1) is 9.99. The smallest absolute Gasteiger partial charge is 0.0950 e. The van der Waals surface area contributed by atoms with Gasteiger partial charge >= 0.3 is 0 Å². The van der Waals surface area contributed by atoms with Gasteiger partial charge in [0.15, 0.2) is 0 Å². The first-order valence-electron chi connectivity index (χ1n) is 7.98. The van der Waals surface area contributed by atoms with Gasteiger partial charge in [-0.15, -0.1) is 0 Å². The van der Waals surface area contributed by atoms with Crippen LogP contribution in [0.15, 0.2) is 24.3 Å². The van der Waals surface area contributed by atoms with Crippen LogP contribution in [-0.2, 0) is 9.47 Å². The van der Waals surface area contributed by atoms with E-state index in [9.17, 15) is 0 Å². The Balaban J connectivity index is 2.48. The van der Waals surface area contributed by atoms with Gasteiger partial charge in [-0.1, -0.05) is 57.5 Å². The molecule has 0 spiro atoms. The zero-order valence-corrected chi connectivity index (χ0v) is 14.2. The van der Waals surface area contributed by atoms with Gasteiger partial charge in [-0.05, 0) is 18.4 Å². The summed E-state index contributed by atoms with van der Waals surface area (Å²) in [6.45, 7) is 13.6. The largest absolute Gasteiger partial charge is 0.379 e. The normalized spacial score (nSPS) is 13.1. The molecule has 0 saturated heterocycles. The number of benzene rings is 1. The molecule has 1 N–H and O–H groups in total. The standard InChI is InChI=1S/C18H31NO2/c1-14(2)13-20-9-10-21-18(12-19-15(3)4)17-8-6-7-16(5)11-17/h6-8,11,14-15,18-19H,9-10,12-13H2,1-5H3. The summed E-state index contributed by atoms with van der Waals surface area (Å²) >= 11 is 0. The van der Waals surface area contributed by atoms with Crippen molar-refractivity contribution >= 4 is 0 Å². The fourth-order valence-electron chi connectivity index (χ4n) is 2.05. The lowest BCUT2D eigenvalue weighted by Crippen LogP contribution is -2.29. The van der Waals surface area contributed by atoms with Crippen LogP contribution < -0.4 is 5.32 Å². The van der Waals surface area contributed by atoms with E-state index in [0.717, 1.165) is 13.2 Å². The van der Waals surface area contributed by atoms with Gasteiger partial charge in [0, 0.05) is 19.2 Å². The van der Waals surface area contributed by atoms with Crippen molar-refractivity contribution in [3.8, 4) is 0 Å². The lowest BCUT2D eigenvalue weighted by molar-refractivity contribution is -0.00192. The number of nitrogens with one attached hydrogen (secondary N) is 1. The van der Waals surface area contributed by atoms with Crippen molar-refractivity contribution in [2.24, 2.45) is 5.92 Å². The Morgan fingerprint density at radius 3 is 2.48 bits per heavy atom. The summed E-state index contributed by atoms with van der Waals surface area (Å²) in [5.74, 6) is 0.570. The van der Waals surface area contributed by atoms with Gasteiger partial charge in [0.05, 0.1) is 19.3 Å². The van der Waals surface area contributed by atoms with Gasteiger partial charge in [0.25, 0.3) is 0 Å². The zero-order chi connectivity index (χ0) is 15.7. The minimum absolute atomic E-state index is 0.0787. The number of aryl methyl sites for hydroxylation is 1. The average molecular weight is 293 g/mol. The third-order valence-electron chi connectivity index (χ3n) is 3.12. The predicted molar refractivity (Wildman–Crippen MR) is 88.7 cm³/mol. The lowest BCUT2D eigenvalue weighted by atomic mass is 10.1. The van der Waals surface area contributed by atoms with Crippen LogP contribution in [0.25, 0.3) is 0 Å². The summed E-state index contributed by atoms with van der Waals surface area (Å²) in [7, 11) is 0. The molecular formula is C18H31NO2. The van der Waals surface area contributed by atoms with Crippen LogP contribution in [-0.4, -0.2) is 32.4 Å². The van der Waals surface area contributed by atoms with E-state index in [-0.39, 0.29) is 6.10 Å². The molecule has 3 nitrogen and oxygen atoms in total. The minimum atomic E-state index is 0.0787. The van der Waals surface area contributed by atoms with Crippen LogP contribution in [0, 0.1) is 12.8 Å². The molecule has 0 bridgehead atoms. The number of ether oxygens (including phenoxy) is 2. The third-order valence-corrected chi connectivity index (χ3v) is 3.12. The van der Waals surface area contributed by atoms with Crippen molar-refractivity contribution in [1.29, 1.82) is 0 Å². The van der Waals surface area contributed by atoms with Gasteiger partial charge in [-0.3, -0.25) is 0 Å². The second-order valence-electron chi connectivity index (χ2n) is 6.31. The maximum absolute atomic E-state index is 6.03. The highest BCUT2D eigenvalue weighted by atomic mass is 16.5. The Morgan fingerprint density at radius 2 is 1.86 bits per heavy atom. The molecule has 1 atom stereocenters. The van der Waals surface area contributed by atoms with Gasteiger partial charge in [-0.2, -0.15) is 0 Å². The fourth-order valence-corrected chi connectivity index (χ4v) is 2.05. The third kappa shape index (κ3) is 8.20. The monoisotopic (exact) mass is 293 g/mol. The van der Waals surface area contributed by atoms with E-state index in [1.807, 2.05) is 0 Å². The Kier molecular flexibility index (Phi) is 8.58. The summed E-state index contributed by atoms with van der Waals surface area (Å²) in [5.41, 5.74) is 2.49. The molecule has 0 heterocycles. The molecule has 0 aliphatic heterocycles. The first-order valence-corrected chi connectivity index (χ1v) is 7.98. The molecule has 0 aliphatic rings. The molecule has 1 rings (SSSR count). The predicted octanol–water partition coefficient (Wildman–Crippen LogP) is 3.72. The average Bonchev–Trinajstić information content (AvgIpc) is 2.41. The fraction of sp³-hybridized carbons (Fsp3) is 0.667. The van der Waals surface area contributed by atoms with E-state index in [4.69, 9.17) is 9.47 Å². The van der Waals surface area contributed by atoms with Crippen molar-refractivity contribution in [3.63, 3.8) is 0 Å².